The van der Waals surface area contributed by atoms with Crippen molar-refractivity contribution in [3.05, 3.63) is 16.1 Å². The van der Waals surface area contributed by atoms with Gasteiger partial charge in [-0.2, -0.15) is 0 Å². The topological polar surface area (TPSA) is 50.9 Å². The summed E-state index contributed by atoms with van der Waals surface area (Å²) in [6.45, 7) is 8.51. The molecule has 13 heavy (non-hydrogen) atoms. The van der Waals surface area contributed by atoms with Crippen LogP contribution in [-0.4, -0.2) is 4.98 Å². The van der Waals surface area contributed by atoms with Crippen LogP contribution in [0, 0.1) is 12.3 Å². The largest absolute Gasteiger partial charge is 0.271 e. The maximum atomic E-state index is 5.55. The minimum absolute atomic E-state index is 0.117. The standard InChI is InChI=1S/C9H17N3S/c1-6-7(13-5-11-6)8(12-10)9(2,3)4/h5,8,12H,10H2,1-4H3. The molecule has 0 aliphatic carbocycles. The molecule has 0 saturated heterocycles. The number of hydrogen-bond acceptors (Lipinski definition) is 4. The monoisotopic (exact) mass is 199 g/mol. The van der Waals surface area contributed by atoms with E-state index >= 15 is 0 Å². The summed E-state index contributed by atoms with van der Waals surface area (Å²) in [6, 6.07) is 0.181. The SMILES string of the molecule is Cc1ncsc1C(NN)C(C)(C)C. The molecule has 4 heteroatoms. The minimum Gasteiger partial charge on any atom is -0.271 e. The van der Waals surface area contributed by atoms with Crippen LogP contribution in [0.1, 0.15) is 37.4 Å². The number of nitrogens with one attached hydrogen (secondary N) is 1. The molecule has 0 aliphatic heterocycles. The molecular weight excluding hydrogens is 182 g/mol. The van der Waals surface area contributed by atoms with Crippen LogP contribution in [0.3, 0.4) is 0 Å². The Bertz CT molecular complexity index is 275. The van der Waals surface area contributed by atoms with Gasteiger partial charge < -0.3 is 0 Å². The summed E-state index contributed by atoms with van der Waals surface area (Å²) in [7, 11) is 0. The van der Waals surface area contributed by atoms with Crippen LogP contribution in [0.2, 0.25) is 0 Å². The Labute approximate surface area is 83.3 Å². The van der Waals surface area contributed by atoms with Gasteiger partial charge in [0.1, 0.15) is 0 Å². The zero-order chi connectivity index (χ0) is 10.1. The average Bonchev–Trinajstić information content (AvgIpc) is 2.35. The molecule has 1 atom stereocenters. The third kappa shape index (κ3) is 2.27. The number of nitrogens with two attached hydrogens (primary N) is 1. The highest BCUT2D eigenvalue weighted by atomic mass is 32.1. The predicted molar refractivity (Wildman–Crippen MR) is 56.4 cm³/mol. The highest BCUT2D eigenvalue weighted by Gasteiger charge is 2.27. The maximum Gasteiger partial charge on any atom is 0.0798 e. The first-order valence-corrected chi connectivity index (χ1v) is 5.21. The van der Waals surface area contributed by atoms with Crippen molar-refractivity contribution < 1.29 is 0 Å². The van der Waals surface area contributed by atoms with Crippen LogP contribution in [0.4, 0.5) is 0 Å². The quantitative estimate of drug-likeness (QED) is 0.566. The molecule has 0 fully saturated rings. The molecule has 0 aromatic carbocycles. The van der Waals surface area contributed by atoms with Crippen LogP contribution in [0.15, 0.2) is 5.51 Å². The van der Waals surface area contributed by atoms with Crippen molar-refractivity contribution in [3.8, 4) is 0 Å². The van der Waals surface area contributed by atoms with Gasteiger partial charge in [0.2, 0.25) is 0 Å². The van der Waals surface area contributed by atoms with Gasteiger partial charge in [-0.15, -0.1) is 11.3 Å². The zero-order valence-electron chi connectivity index (χ0n) is 8.59. The summed E-state index contributed by atoms with van der Waals surface area (Å²) in [5.41, 5.74) is 5.91. The van der Waals surface area contributed by atoms with Gasteiger partial charge in [-0.05, 0) is 12.3 Å². The van der Waals surface area contributed by atoms with Crippen LogP contribution in [-0.2, 0) is 0 Å². The maximum absolute atomic E-state index is 5.55. The van der Waals surface area contributed by atoms with Crippen molar-refractivity contribution in [2.45, 2.75) is 33.7 Å². The zero-order valence-corrected chi connectivity index (χ0v) is 9.40. The molecule has 1 heterocycles. The highest BCUT2D eigenvalue weighted by Crippen LogP contribution is 2.35. The molecule has 1 rings (SSSR count). The molecule has 1 unspecified atom stereocenters. The fourth-order valence-corrected chi connectivity index (χ4v) is 2.41. The fraction of sp³-hybridized carbons (Fsp3) is 0.667. The lowest BCUT2D eigenvalue weighted by Gasteiger charge is -2.29. The van der Waals surface area contributed by atoms with E-state index in [-0.39, 0.29) is 11.5 Å². The second kappa shape index (κ2) is 3.74. The van der Waals surface area contributed by atoms with E-state index in [2.05, 4.69) is 31.2 Å². The fourth-order valence-electron chi connectivity index (χ4n) is 1.31. The average molecular weight is 199 g/mol. The van der Waals surface area contributed by atoms with Crippen molar-refractivity contribution in [2.75, 3.05) is 0 Å². The second-order valence-electron chi connectivity index (χ2n) is 4.27. The molecular formula is C9H17N3S. The Kier molecular flexibility index (Phi) is 3.05. The first-order valence-electron chi connectivity index (χ1n) is 4.33. The minimum atomic E-state index is 0.117. The molecule has 0 spiro atoms. The third-order valence-electron chi connectivity index (χ3n) is 2.08. The lowest BCUT2D eigenvalue weighted by atomic mass is 9.86. The van der Waals surface area contributed by atoms with E-state index in [1.165, 1.54) is 4.88 Å². The second-order valence-corrected chi connectivity index (χ2v) is 5.15. The van der Waals surface area contributed by atoms with E-state index in [0.717, 1.165) is 5.69 Å². The van der Waals surface area contributed by atoms with Gasteiger partial charge >= 0.3 is 0 Å². The summed E-state index contributed by atoms with van der Waals surface area (Å²) in [6.07, 6.45) is 0. The van der Waals surface area contributed by atoms with E-state index in [4.69, 9.17) is 5.84 Å². The number of aryl methyl sites for hydroxylation is 1. The molecule has 0 bridgehead atoms. The van der Waals surface area contributed by atoms with Crippen LogP contribution in [0.5, 0.6) is 0 Å². The molecule has 1 aromatic rings. The van der Waals surface area contributed by atoms with Gasteiger partial charge in [0.15, 0.2) is 0 Å². The van der Waals surface area contributed by atoms with E-state index in [0.29, 0.717) is 0 Å². The molecule has 3 nitrogen and oxygen atoms in total. The Morgan fingerprint density at radius 1 is 1.54 bits per heavy atom. The van der Waals surface area contributed by atoms with Crippen molar-refractivity contribution in [3.63, 3.8) is 0 Å². The van der Waals surface area contributed by atoms with E-state index in [9.17, 15) is 0 Å². The molecule has 0 saturated carbocycles. The van der Waals surface area contributed by atoms with Crippen molar-refractivity contribution in [2.24, 2.45) is 11.3 Å². The highest BCUT2D eigenvalue weighted by molar-refractivity contribution is 7.09. The van der Waals surface area contributed by atoms with Crippen molar-refractivity contribution in [1.29, 1.82) is 0 Å². The van der Waals surface area contributed by atoms with E-state index < -0.39 is 0 Å². The summed E-state index contributed by atoms with van der Waals surface area (Å²) in [5, 5.41) is 0. The van der Waals surface area contributed by atoms with Gasteiger partial charge in [-0.3, -0.25) is 11.3 Å². The smallest absolute Gasteiger partial charge is 0.0798 e. The Morgan fingerprint density at radius 3 is 2.46 bits per heavy atom. The van der Waals surface area contributed by atoms with Crippen LogP contribution in [0.25, 0.3) is 0 Å². The Hall–Kier alpha value is -0.450. The molecule has 3 N–H and O–H groups in total. The summed E-state index contributed by atoms with van der Waals surface area (Å²) in [4.78, 5) is 5.45. The first-order chi connectivity index (χ1) is 5.96. The van der Waals surface area contributed by atoms with Gasteiger partial charge in [-0.25, -0.2) is 4.98 Å². The van der Waals surface area contributed by atoms with Gasteiger partial charge in [-0.1, -0.05) is 20.8 Å². The van der Waals surface area contributed by atoms with Gasteiger partial charge in [0.25, 0.3) is 0 Å². The number of hydrazine groups is 1. The molecule has 0 aliphatic rings. The molecule has 1 aromatic heterocycles. The molecule has 74 valence electrons. The van der Waals surface area contributed by atoms with Gasteiger partial charge in [0.05, 0.1) is 17.2 Å². The van der Waals surface area contributed by atoms with Gasteiger partial charge in [0, 0.05) is 4.88 Å². The lowest BCUT2D eigenvalue weighted by Crippen LogP contribution is -2.36. The van der Waals surface area contributed by atoms with Crippen LogP contribution < -0.4 is 11.3 Å². The lowest BCUT2D eigenvalue weighted by molar-refractivity contribution is 0.278. The number of thiazole rings is 1. The van der Waals surface area contributed by atoms with Crippen molar-refractivity contribution >= 4 is 11.3 Å². The van der Waals surface area contributed by atoms with E-state index in [1.807, 2.05) is 12.4 Å². The summed E-state index contributed by atoms with van der Waals surface area (Å²) >= 11 is 1.66. The van der Waals surface area contributed by atoms with E-state index in [1.54, 1.807) is 11.3 Å². The molecule has 0 radical (unpaired) electrons. The van der Waals surface area contributed by atoms with Crippen LogP contribution >= 0.6 is 11.3 Å². The number of hydrogen-bond donors (Lipinski definition) is 2. The summed E-state index contributed by atoms with van der Waals surface area (Å²) in [5.74, 6) is 5.55. The number of rotatable bonds is 2. The van der Waals surface area contributed by atoms with Crippen molar-refractivity contribution in [1.82, 2.24) is 10.4 Å². The summed E-state index contributed by atoms with van der Waals surface area (Å²) < 4.78 is 0. The predicted octanol–water partition coefficient (Wildman–Crippen LogP) is 2.00. The third-order valence-corrected chi connectivity index (χ3v) is 3.07. The number of nitrogens with zero attached hydrogens (tertiary/aromatic N) is 1. The Balaban J connectivity index is 2.98. The first kappa shape index (κ1) is 10.6. The normalized spacial score (nSPS) is 14.5. The Morgan fingerprint density at radius 2 is 2.15 bits per heavy atom. The number of aromatic nitrogens is 1. The molecule has 0 amide bonds.